The summed E-state index contributed by atoms with van der Waals surface area (Å²) < 4.78 is 3.46. The van der Waals surface area contributed by atoms with Crippen molar-refractivity contribution >= 4 is 28.5 Å². The number of carbonyl (C=O) groups excluding carboxylic acids is 1. The summed E-state index contributed by atoms with van der Waals surface area (Å²) in [4.78, 5) is 21.8. The van der Waals surface area contributed by atoms with Crippen LogP contribution in [-0.4, -0.2) is 31.8 Å². The number of anilines is 1. The standard InChI is InChI=1S/C6H6N4O3S/c11-4(2-1-3(2)5(12)13)7-6-8-9-10-14-6/h2-3H,1H2,(H,12,13)(H,7,8,10,11)/t2-,3+/m1/s1. The van der Waals surface area contributed by atoms with Crippen LogP contribution in [0.25, 0.3) is 0 Å². The van der Waals surface area contributed by atoms with Crippen LogP contribution < -0.4 is 5.32 Å². The van der Waals surface area contributed by atoms with Crippen LogP contribution in [0.1, 0.15) is 6.42 Å². The zero-order valence-electron chi connectivity index (χ0n) is 6.88. The number of carbonyl (C=O) groups is 2. The summed E-state index contributed by atoms with van der Waals surface area (Å²) in [6.45, 7) is 0. The third-order valence-electron chi connectivity index (χ3n) is 1.97. The van der Waals surface area contributed by atoms with E-state index in [-0.39, 0.29) is 5.91 Å². The van der Waals surface area contributed by atoms with Gasteiger partial charge in [-0.05, 0) is 11.6 Å². The van der Waals surface area contributed by atoms with Gasteiger partial charge in [-0.25, -0.2) is 0 Å². The number of nitrogens with one attached hydrogen (secondary N) is 1. The zero-order chi connectivity index (χ0) is 10.1. The molecule has 1 aromatic rings. The highest BCUT2D eigenvalue weighted by Gasteiger charge is 2.48. The molecular weight excluding hydrogens is 208 g/mol. The fourth-order valence-corrected chi connectivity index (χ4v) is 1.51. The number of carboxylic acids is 1. The first-order chi connectivity index (χ1) is 6.68. The number of aliphatic carboxylic acids is 1. The number of carboxylic acid groups (broad SMARTS) is 1. The second-order valence-electron chi connectivity index (χ2n) is 2.94. The predicted molar refractivity (Wildman–Crippen MR) is 45.6 cm³/mol. The fraction of sp³-hybridized carbons (Fsp3) is 0.500. The monoisotopic (exact) mass is 214 g/mol. The summed E-state index contributed by atoms with van der Waals surface area (Å²) in [7, 11) is 0. The third kappa shape index (κ3) is 1.69. The number of amides is 1. The lowest BCUT2D eigenvalue weighted by atomic mass is 10.3. The van der Waals surface area contributed by atoms with Gasteiger partial charge in [0.15, 0.2) is 0 Å². The molecule has 2 atom stereocenters. The van der Waals surface area contributed by atoms with Gasteiger partial charge >= 0.3 is 5.97 Å². The number of aromatic nitrogens is 3. The lowest BCUT2D eigenvalue weighted by Gasteiger charge is -1.96. The molecule has 0 bridgehead atoms. The van der Waals surface area contributed by atoms with Crippen LogP contribution in [-0.2, 0) is 9.59 Å². The highest BCUT2D eigenvalue weighted by Crippen LogP contribution is 2.39. The van der Waals surface area contributed by atoms with Gasteiger partial charge in [0.05, 0.1) is 11.8 Å². The Hall–Kier alpha value is -1.57. The molecule has 1 saturated carbocycles. The Morgan fingerprint density at radius 3 is 2.79 bits per heavy atom. The number of hydrogen-bond donors (Lipinski definition) is 2. The molecule has 0 aromatic carbocycles. The molecule has 1 amide bonds. The van der Waals surface area contributed by atoms with Gasteiger partial charge in [0.2, 0.25) is 11.0 Å². The Morgan fingerprint density at radius 2 is 2.29 bits per heavy atom. The largest absolute Gasteiger partial charge is 0.481 e. The minimum Gasteiger partial charge on any atom is -0.481 e. The molecule has 1 aliphatic carbocycles. The molecule has 14 heavy (non-hydrogen) atoms. The van der Waals surface area contributed by atoms with Crippen molar-refractivity contribution in [1.29, 1.82) is 0 Å². The first-order valence-corrected chi connectivity index (χ1v) is 4.64. The van der Waals surface area contributed by atoms with Gasteiger partial charge in [0, 0.05) is 11.5 Å². The first-order valence-electron chi connectivity index (χ1n) is 3.87. The zero-order valence-corrected chi connectivity index (χ0v) is 7.69. The quantitative estimate of drug-likeness (QED) is 0.708. The third-order valence-corrected chi connectivity index (χ3v) is 2.49. The lowest BCUT2D eigenvalue weighted by molar-refractivity contribution is -0.139. The first kappa shape index (κ1) is 9.00. The van der Waals surface area contributed by atoms with E-state index in [1.165, 1.54) is 0 Å². The van der Waals surface area contributed by atoms with Gasteiger partial charge in [-0.15, -0.1) is 0 Å². The summed E-state index contributed by atoms with van der Waals surface area (Å²) in [6.07, 6.45) is 0.396. The Kier molecular flexibility index (Phi) is 2.12. The highest BCUT2D eigenvalue weighted by molar-refractivity contribution is 7.09. The SMILES string of the molecule is O=C(O)[C@H]1C[C@H]1C(=O)Nc1nnns1. The maximum Gasteiger partial charge on any atom is 0.307 e. The molecule has 1 heterocycles. The topological polar surface area (TPSA) is 105 Å². The van der Waals surface area contributed by atoms with Gasteiger partial charge in [0.25, 0.3) is 0 Å². The van der Waals surface area contributed by atoms with Crippen LogP contribution in [0, 0.1) is 11.8 Å². The van der Waals surface area contributed by atoms with Gasteiger partial charge < -0.3 is 5.11 Å². The average Bonchev–Trinajstić information content (AvgIpc) is 2.80. The van der Waals surface area contributed by atoms with E-state index < -0.39 is 17.8 Å². The van der Waals surface area contributed by atoms with Gasteiger partial charge in [-0.2, -0.15) is 0 Å². The van der Waals surface area contributed by atoms with Crippen LogP contribution >= 0.6 is 11.5 Å². The molecule has 2 rings (SSSR count). The van der Waals surface area contributed by atoms with Crippen molar-refractivity contribution in [2.24, 2.45) is 11.8 Å². The Balaban J connectivity index is 1.90. The maximum absolute atomic E-state index is 11.3. The van der Waals surface area contributed by atoms with Gasteiger partial charge in [-0.3, -0.25) is 14.9 Å². The maximum atomic E-state index is 11.3. The summed E-state index contributed by atoms with van der Waals surface area (Å²) in [5.74, 6) is -2.23. The molecule has 0 spiro atoms. The summed E-state index contributed by atoms with van der Waals surface area (Å²) in [5.41, 5.74) is 0. The Morgan fingerprint density at radius 1 is 1.50 bits per heavy atom. The molecule has 1 fully saturated rings. The summed E-state index contributed by atoms with van der Waals surface area (Å²) >= 11 is 0.954. The lowest BCUT2D eigenvalue weighted by Crippen LogP contribution is -2.16. The molecule has 0 aliphatic heterocycles. The van der Waals surface area contributed by atoms with Crippen LogP contribution in [0.3, 0.4) is 0 Å². The molecule has 0 unspecified atom stereocenters. The van der Waals surface area contributed by atoms with Gasteiger partial charge in [-0.1, -0.05) is 9.59 Å². The Bertz CT molecular complexity index is 365. The van der Waals surface area contributed by atoms with Crippen molar-refractivity contribution in [3.8, 4) is 0 Å². The second-order valence-corrected chi connectivity index (χ2v) is 3.68. The molecule has 1 aromatic heterocycles. The normalized spacial score (nSPS) is 24.3. The minimum absolute atomic E-state index is 0.297. The van der Waals surface area contributed by atoms with Crippen molar-refractivity contribution in [2.75, 3.05) is 5.32 Å². The van der Waals surface area contributed by atoms with Crippen LogP contribution in [0.15, 0.2) is 0 Å². The molecule has 7 nitrogen and oxygen atoms in total. The van der Waals surface area contributed by atoms with Crippen molar-refractivity contribution in [1.82, 2.24) is 14.8 Å². The van der Waals surface area contributed by atoms with Crippen molar-refractivity contribution < 1.29 is 14.7 Å². The summed E-state index contributed by atoms with van der Waals surface area (Å²) in [6, 6.07) is 0. The van der Waals surface area contributed by atoms with Crippen LogP contribution in [0.2, 0.25) is 0 Å². The van der Waals surface area contributed by atoms with Gasteiger partial charge in [0.1, 0.15) is 0 Å². The number of nitrogens with zero attached hydrogens (tertiary/aromatic N) is 3. The molecule has 0 radical (unpaired) electrons. The predicted octanol–water partition coefficient (Wildman–Crippen LogP) is -0.408. The van der Waals surface area contributed by atoms with E-state index in [1.807, 2.05) is 0 Å². The molecule has 1 aliphatic rings. The summed E-state index contributed by atoms with van der Waals surface area (Å²) in [5, 5.41) is 18.1. The van der Waals surface area contributed by atoms with E-state index in [0.29, 0.717) is 11.6 Å². The Labute approximate surface area is 82.3 Å². The molecule has 74 valence electrons. The van der Waals surface area contributed by atoms with Crippen molar-refractivity contribution in [3.63, 3.8) is 0 Å². The highest BCUT2D eigenvalue weighted by atomic mass is 32.1. The second kappa shape index (κ2) is 3.29. The van der Waals surface area contributed by atoms with Crippen LogP contribution in [0.5, 0.6) is 0 Å². The van der Waals surface area contributed by atoms with Crippen molar-refractivity contribution in [2.45, 2.75) is 6.42 Å². The molecule has 2 N–H and O–H groups in total. The van der Waals surface area contributed by atoms with E-state index in [4.69, 9.17) is 5.11 Å². The van der Waals surface area contributed by atoms with Crippen molar-refractivity contribution in [3.05, 3.63) is 0 Å². The molecular formula is C6H6N4O3S. The average molecular weight is 214 g/mol. The molecule has 0 saturated heterocycles. The fourth-order valence-electron chi connectivity index (χ4n) is 1.14. The van der Waals surface area contributed by atoms with E-state index in [0.717, 1.165) is 11.5 Å². The van der Waals surface area contributed by atoms with E-state index in [2.05, 4.69) is 20.1 Å². The smallest absolute Gasteiger partial charge is 0.307 e. The molecule has 8 heteroatoms. The number of rotatable bonds is 3. The van der Waals surface area contributed by atoms with Crippen LogP contribution in [0.4, 0.5) is 5.13 Å². The van der Waals surface area contributed by atoms with E-state index >= 15 is 0 Å². The minimum atomic E-state index is -0.930. The van der Waals surface area contributed by atoms with E-state index in [1.54, 1.807) is 0 Å². The van der Waals surface area contributed by atoms with E-state index in [9.17, 15) is 9.59 Å². The number of hydrogen-bond acceptors (Lipinski definition) is 6.